The lowest BCUT2D eigenvalue weighted by Gasteiger charge is -2.21. The van der Waals surface area contributed by atoms with E-state index < -0.39 is 0 Å². The molecule has 3 aromatic rings. The van der Waals surface area contributed by atoms with Crippen LogP contribution in [-0.2, 0) is 6.42 Å². The fourth-order valence-electron chi connectivity index (χ4n) is 3.07. The number of fused-ring (bicyclic) bond motifs is 1. The molecular formula is C19H18ClN5. The zero-order valence-corrected chi connectivity index (χ0v) is 14.6. The molecule has 0 saturated carbocycles. The standard InChI is InChI=1S/C19H18ClN5/c1-12-6-7-14(10-15(12)20)24-18-17(21)19(23-11-22-18)25-9-8-13-4-2-3-5-16(13)25/h2-7,10-11H,8-9,21H2,1H3,(H,22,23,24). The van der Waals surface area contributed by atoms with E-state index in [1.807, 2.05) is 31.2 Å². The molecule has 0 aliphatic carbocycles. The minimum absolute atomic E-state index is 0.524. The fourth-order valence-corrected chi connectivity index (χ4v) is 3.25. The van der Waals surface area contributed by atoms with Crippen molar-refractivity contribution < 1.29 is 0 Å². The highest BCUT2D eigenvalue weighted by molar-refractivity contribution is 6.31. The first-order valence-corrected chi connectivity index (χ1v) is 8.50. The maximum Gasteiger partial charge on any atom is 0.161 e. The number of para-hydroxylation sites is 1. The van der Waals surface area contributed by atoms with Gasteiger partial charge in [-0.15, -0.1) is 0 Å². The SMILES string of the molecule is Cc1ccc(Nc2ncnc(N3CCc4ccccc43)c2N)cc1Cl. The van der Waals surface area contributed by atoms with E-state index >= 15 is 0 Å². The van der Waals surface area contributed by atoms with E-state index in [0.717, 1.165) is 35.7 Å². The minimum atomic E-state index is 0.524. The number of aromatic nitrogens is 2. The van der Waals surface area contributed by atoms with Crippen molar-refractivity contribution in [3.63, 3.8) is 0 Å². The van der Waals surface area contributed by atoms with Crippen LogP contribution in [0.25, 0.3) is 0 Å². The Morgan fingerprint density at radius 3 is 2.84 bits per heavy atom. The summed E-state index contributed by atoms with van der Waals surface area (Å²) in [5, 5.41) is 3.94. The Balaban J connectivity index is 1.68. The molecule has 1 aromatic heterocycles. The normalized spacial score (nSPS) is 13.0. The second-order valence-electron chi connectivity index (χ2n) is 6.08. The number of nitrogens with zero attached hydrogens (tertiary/aromatic N) is 3. The van der Waals surface area contributed by atoms with Crippen LogP contribution in [0.1, 0.15) is 11.1 Å². The van der Waals surface area contributed by atoms with E-state index in [2.05, 4.69) is 38.4 Å². The highest BCUT2D eigenvalue weighted by atomic mass is 35.5. The number of hydrogen-bond acceptors (Lipinski definition) is 5. The molecule has 126 valence electrons. The molecule has 2 heterocycles. The molecule has 5 nitrogen and oxygen atoms in total. The summed E-state index contributed by atoms with van der Waals surface area (Å²) < 4.78 is 0. The molecule has 0 saturated heterocycles. The zero-order chi connectivity index (χ0) is 17.4. The molecule has 0 bridgehead atoms. The molecule has 3 N–H and O–H groups in total. The Kier molecular flexibility index (Phi) is 3.93. The van der Waals surface area contributed by atoms with Crippen LogP contribution in [0.4, 0.5) is 28.7 Å². The topological polar surface area (TPSA) is 67.1 Å². The molecule has 2 aromatic carbocycles. The van der Waals surface area contributed by atoms with E-state index in [1.165, 1.54) is 11.9 Å². The predicted octanol–water partition coefficient (Wildman–Crippen LogP) is 4.46. The number of nitrogens with one attached hydrogen (secondary N) is 1. The molecule has 0 spiro atoms. The maximum absolute atomic E-state index is 6.37. The number of benzene rings is 2. The third kappa shape index (κ3) is 2.87. The molecule has 25 heavy (non-hydrogen) atoms. The van der Waals surface area contributed by atoms with E-state index in [9.17, 15) is 0 Å². The van der Waals surface area contributed by atoms with Crippen LogP contribution in [-0.4, -0.2) is 16.5 Å². The van der Waals surface area contributed by atoms with Crippen molar-refractivity contribution in [2.24, 2.45) is 0 Å². The number of aryl methyl sites for hydroxylation is 1. The monoisotopic (exact) mass is 351 g/mol. The molecule has 0 fully saturated rings. The van der Waals surface area contributed by atoms with Crippen LogP contribution >= 0.6 is 11.6 Å². The summed E-state index contributed by atoms with van der Waals surface area (Å²) in [5.41, 5.74) is 11.2. The van der Waals surface area contributed by atoms with Crippen LogP contribution < -0.4 is 16.0 Å². The number of rotatable bonds is 3. The quantitative estimate of drug-likeness (QED) is 0.729. The maximum atomic E-state index is 6.37. The number of anilines is 5. The minimum Gasteiger partial charge on any atom is -0.393 e. The number of nitrogens with two attached hydrogens (primary N) is 1. The van der Waals surface area contributed by atoms with Gasteiger partial charge < -0.3 is 16.0 Å². The van der Waals surface area contributed by atoms with Gasteiger partial charge in [-0.2, -0.15) is 0 Å². The van der Waals surface area contributed by atoms with Gasteiger partial charge >= 0.3 is 0 Å². The Bertz CT molecular complexity index is 941. The molecule has 6 heteroatoms. The Morgan fingerprint density at radius 1 is 1.16 bits per heavy atom. The average Bonchev–Trinajstić information content (AvgIpc) is 3.04. The first-order valence-electron chi connectivity index (χ1n) is 8.12. The molecule has 1 aliphatic heterocycles. The molecule has 0 radical (unpaired) electrons. The molecule has 0 unspecified atom stereocenters. The fraction of sp³-hybridized carbons (Fsp3) is 0.158. The van der Waals surface area contributed by atoms with Crippen molar-refractivity contribution in [3.05, 3.63) is 64.9 Å². The van der Waals surface area contributed by atoms with Gasteiger partial charge in [-0.05, 0) is 42.7 Å². The van der Waals surface area contributed by atoms with Crippen molar-refractivity contribution >= 4 is 40.3 Å². The van der Waals surface area contributed by atoms with Gasteiger partial charge in [0.2, 0.25) is 0 Å². The first-order chi connectivity index (χ1) is 12.1. The number of nitrogen functional groups attached to an aromatic ring is 1. The van der Waals surface area contributed by atoms with Crippen molar-refractivity contribution in [2.45, 2.75) is 13.3 Å². The smallest absolute Gasteiger partial charge is 0.161 e. The predicted molar refractivity (Wildman–Crippen MR) is 103 cm³/mol. The van der Waals surface area contributed by atoms with Crippen LogP contribution in [0.3, 0.4) is 0 Å². The summed E-state index contributed by atoms with van der Waals surface area (Å²) in [6.07, 6.45) is 2.51. The van der Waals surface area contributed by atoms with Gasteiger partial charge in [0, 0.05) is 22.9 Å². The summed E-state index contributed by atoms with van der Waals surface area (Å²) in [7, 11) is 0. The largest absolute Gasteiger partial charge is 0.393 e. The lowest BCUT2D eigenvalue weighted by Crippen LogP contribution is -2.17. The second kappa shape index (κ2) is 6.26. The summed E-state index contributed by atoms with van der Waals surface area (Å²) in [6, 6.07) is 14.1. The highest BCUT2D eigenvalue weighted by Crippen LogP contribution is 2.38. The molecule has 1 aliphatic rings. The highest BCUT2D eigenvalue weighted by Gasteiger charge is 2.23. The van der Waals surface area contributed by atoms with Crippen molar-refractivity contribution in [2.75, 3.05) is 22.5 Å². The summed E-state index contributed by atoms with van der Waals surface area (Å²) in [5.74, 6) is 1.30. The average molecular weight is 352 g/mol. The summed E-state index contributed by atoms with van der Waals surface area (Å²) >= 11 is 6.20. The second-order valence-corrected chi connectivity index (χ2v) is 6.49. The van der Waals surface area contributed by atoms with Gasteiger partial charge in [0.15, 0.2) is 11.6 Å². The van der Waals surface area contributed by atoms with E-state index in [4.69, 9.17) is 17.3 Å². The Hall–Kier alpha value is -2.79. The van der Waals surface area contributed by atoms with E-state index in [0.29, 0.717) is 16.5 Å². The zero-order valence-electron chi connectivity index (χ0n) is 13.8. The van der Waals surface area contributed by atoms with Gasteiger partial charge in [0.25, 0.3) is 0 Å². The lowest BCUT2D eigenvalue weighted by atomic mass is 10.2. The molecular weight excluding hydrogens is 334 g/mol. The summed E-state index contributed by atoms with van der Waals surface area (Å²) in [4.78, 5) is 10.9. The first kappa shape index (κ1) is 15.7. The molecule has 0 amide bonds. The van der Waals surface area contributed by atoms with Crippen LogP contribution in [0.5, 0.6) is 0 Å². The third-order valence-electron chi connectivity index (χ3n) is 4.44. The Morgan fingerprint density at radius 2 is 2.00 bits per heavy atom. The van der Waals surface area contributed by atoms with E-state index in [-0.39, 0.29) is 0 Å². The van der Waals surface area contributed by atoms with Gasteiger partial charge in [-0.1, -0.05) is 35.9 Å². The van der Waals surface area contributed by atoms with Crippen molar-refractivity contribution in [1.29, 1.82) is 0 Å². The number of halogens is 1. The Labute approximate surface area is 151 Å². The van der Waals surface area contributed by atoms with E-state index in [1.54, 1.807) is 0 Å². The van der Waals surface area contributed by atoms with Crippen LogP contribution in [0, 0.1) is 6.92 Å². The third-order valence-corrected chi connectivity index (χ3v) is 4.85. The molecule has 0 atom stereocenters. The number of hydrogen-bond donors (Lipinski definition) is 2. The van der Waals surface area contributed by atoms with Crippen molar-refractivity contribution in [1.82, 2.24) is 9.97 Å². The van der Waals surface area contributed by atoms with Gasteiger partial charge in [0.05, 0.1) is 0 Å². The van der Waals surface area contributed by atoms with Crippen LogP contribution in [0.2, 0.25) is 5.02 Å². The van der Waals surface area contributed by atoms with Gasteiger partial charge in [-0.25, -0.2) is 9.97 Å². The molecule has 4 rings (SSSR count). The van der Waals surface area contributed by atoms with Crippen LogP contribution in [0.15, 0.2) is 48.8 Å². The van der Waals surface area contributed by atoms with Crippen molar-refractivity contribution in [3.8, 4) is 0 Å². The van der Waals surface area contributed by atoms with Gasteiger partial charge in [0.1, 0.15) is 12.0 Å². The van der Waals surface area contributed by atoms with Gasteiger partial charge in [-0.3, -0.25) is 0 Å². The lowest BCUT2D eigenvalue weighted by molar-refractivity contribution is 0.967. The summed E-state index contributed by atoms with van der Waals surface area (Å²) in [6.45, 7) is 2.82.